The average Bonchev–Trinajstić information content (AvgIpc) is 2.54. The first kappa shape index (κ1) is 20.4. The first-order chi connectivity index (χ1) is 12.0. The molecule has 26 heavy (non-hydrogen) atoms. The summed E-state index contributed by atoms with van der Waals surface area (Å²) in [6.45, 7) is 17.0. The highest BCUT2D eigenvalue weighted by Crippen LogP contribution is 2.45. The fourth-order valence-electron chi connectivity index (χ4n) is 3.32. The number of hydrogen-bond acceptors (Lipinski definition) is 2. The zero-order chi connectivity index (χ0) is 19.8. The Kier molecular flexibility index (Phi) is 6.05. The third-order valence-electron chi connectivity index (χ3n) is 5.19. The summed E-state index contributed by atoms with van der Waals surface area (Å²) in [6, 6.07) is 8.27. The van der Waals surface area contributed by atoms with Crippen LogP contribution in [0.5, 0.6) is 11.5 Å². The SMILES string of the molecule is CC(C)c1cc(-c2cc(C(C)C)cc(C(C)C)c2O)c(O)c(C(C)C)c1. The van der Waals surface area contributed by atoms with Crippen molar-refractivity contribution in [1.82, 2.24) is 0 Å². The van der Waals surface area contributed by atoms with Crippen LogP contribution in [0.3, 0.4) is 0 Å². The number of phenols is 2. The Labute approximate surface area is 158 Å². The van der Waals surface area contributed by atoms with Crippen molar-refractivity contribution in [3.8, 4) is 22.6 Å². The molecule has 0 aliphatic rings. The minimum atomic E-state index is 0.215. The van der Waals surface area contributed by atoms with E-state index in [-0.39, 0.29) is 23.3 Å². The van der Waals surface area contributed by atoms with E-state index >= 15 is 0 Å². The molecular formula is C24H34O2. The summed E-state index contributed by atoms with van der Waals surface area (Å²) < 4.78 is 0. The van der Waals surface area contributed by atoms with E-state index in [9.17, 15) is 10.2 Å². The zero-order valence-corrected chi connectivity index (χ0v) is 17.5. The van der Waals surface area contributed by atoms with Crippen molar-refractivity contribution in [2.45, 2.75) is 79.1 Å². The van der Waals surface area contributed by atoms with Crippen molar-refractivity contribution in [2.24, 2.45) is 0 Å². The van der Waals surface area contributed by atoms with E-state index in [2.05, 4.69) is 67.5 Å². The second kappa shape index (κ2) is 7.73. The molecule has 0 aliphatic carbocycles. The van der Waals surface area contributed by atoms with Gasteiger partial charge < -0.3 is 10.2 Å². The molecule has 0 saturated heterocycles. The molecule has 0 spiro atoms. The van der Waals surface area contributed by atoms with Gasteiger partial charge in [-0.1, -0.05) is 67.5 Å². The third kappa shape index (κ3) is 3.90. The van der Waals surface area contributed by atoms with Crippen molar-refractivity contribution in [3.05, 3.63) is 46.5 Å². The van der Waals surface area contributed by atoms with Gasteiger partial charge in [-0.05, 0) is 58.1 Å². The molecule has 0 saturated carbocycles. The topological polar surface area (TPSA) is 40.5 Å². The predicted octanol–water partition coefficient (Wildman–Crippen LogP) is 7.26. The lowest BCUT2D eigenvalue weighted by molar-refractivity contribution is 0.458. The second-order valence-corrected chi connectivity index (χ2v) is 8.63. The lowest BCUT2D eigenvalue weighted by Crippen LogP contribution is -2.00. The molecule has 2 aromatic carbocycles. The Morgan fingerprint density at radius 3 is 1.04 bits per heavy atom. The van der Waals surface area contributed by atoms with Gasteiger partial charge in [0.15, 0.2) is 0 Å². The molecule has 2 heteroatoms. The van der Waals surface area contributed by atoms with E-state index in [0.717, 1.165) is 22.3 Å². The van der Waals surface area contributed by atoms with E-state index in [1.807, 2.05) is 12.1 Å². The van der Waals surface area contributed by atoms with Gasteiger partial charge in [0.1, 0.15) is 11.5 Å². The Balaban J connectivity index is 2.86. The maximum Gasteiger partial charge on any atom is 0.127 e. The quantitative estimate of drug-likeness (QED) is 0.593. The molecule has 0 heterocycles. The van der Waals surface area contributed by atoms with Crippen molar-refractivity contribution < 1.29 is 10.2 Å². The van der Waals surface area contributed by atoms with E-state index < -0.39 is 0 Å². The Morgan fingerprint density at radius 1 is 0.500 bits per heavy atom. The summed E-state index contributed by atoms with van der Waals surface area (Å²) in [6.07, 6.45) is 0. The van der Waals surface area contributed by atoms with Crippen LogP contribution in [0, 0.1) is 0 Å². The van der Waals surface area contributed by atoms with Crippen molar-refractivity contribution in [1.29, 1.82) is 0 Å². The van der Waals surface area contributed by atoms with Crippen LogP contribution in [0.15, 0.2) is 24.3 Å². The summed E-state index contributed by atoms with van der Waals surface area (Å²) >= 11 is 0. The molecule has 142 valence electrons. The van der Waals surface area contributed by atoms with Gasteiger partial charge in [0, 0.05) is 11.1 Å². The second-order valence-electron chi connectivity index (χ2n) is 8.63. The molecule has 2 aromatic rings. The number of hydrogen-bond donors (Lipinski definition) is 2. The van der Waals surface area contributed by atoms with Gasteiger partial charge in [0.2, 0.25) is 0 Å². The van der Waals surface area contributed by atoms with Crippen molar-refractivity contribution in [2.75, 3.05) is 0 Å². The first-order valence-electron chi connectivity index (χ1n) is 9.78. The lowest BCUT2D eigenvalue weighted by Gasteiger charge is -2.21. The molecule has 0 aromatic heterocycles. The average molecular weight is 355 g/mol. The van der Waals surface area contributed by atoms with Gasteiger partial charge in [-0.15, -0.1) is 0 Å². The molecule has 2 nitrogen and oxygen atoms in total. The van der Waals surface area contributed by atoms with Gasteiger partial charge in [0.25, 0.3) is 0 Å². The maximum absolute atomic E-state index is 11.0. The summed E-state index contributed by atoms with van der Waals surface area (Å²) in [5.74, 6) is 1.71. The summed E-state index contributed by atoms with van der Waals surface area (Å²) in [7, 11) is 0. The van der Waals surface area contributed by atoms with Gasteiger partial charge in [-0.2, -0.15) is 0 Å². The predicted molar refractivity (Wildman–Crippen MR) is 112 cm³/mol. The Hall–Kier alpha value is -1.96. The number of phenolic OH excluding ortho intramolecular Hbond substituents is 2. The van der Waals surface area contributed by atoms with Crippen LogP contribution < -0.4 is 0 Å². The van der Waals surface area contributed by atoms with Crippen molar-refractivity contribution >= 4 is 0 Å². The molecule has 0 unspecified atom stereocenters. The highest BCUT2D eigenvalue weighted by atomic mass is 16.3. The fourth-order valence-corrected chi connectivity index (χ4v) is 3.32. The van der Waals surface area contributed by atoms with E-state index in [4.69, 9.17) is 0 Å². The van der Waals surface area contributed by atoms with Gasteiger partial charge in [0.05, 0.1) is 0 Å². The number of aromatic hydroxyl groups is 2. The Morgan fingerprint density at radius 2 is 0.808 bits per heavy atom. The summed E-state index contributed by atoms with van der Waals surface area (Å²) in [5, 5.41) is 22.0. The van der Waals surface area contributed by atoms with Crippen LogP contribution >= 0.6 is 0 Å². The highest BCUT2D eigenvalue weighted by Gasteiger charge is 2.21. The lowest BCUT2D eigenvalue weighted by atomic mass is 9.86. The molecule has 0 fully saturated rings. The number of rotatable bonds is 5. The maximum atomic E-state index is 11.0. The van der Waals surface area contributed by atoms with Crippen LogP contribution in [0.25, 0.3) is 11.1 Å². The van der Waals surface area contributed by atoms with Crippen LogP contribution in [0.4, 0.5) is 0 Å². The van der Waals surface area contributed by atoms with Crippen LogP contribution in [0.2, 0.25) is 0 Å². The highest BCUT2D eigenvalue weighted by molar-refractivity contribution is 5.79. The van der Waals surface area contributed by atoms with E-state index in [1.165, 1.54) is 11.1 Å². The molecule has 0 bridgehead atoms. The van der Waals surface area contributed by atoms with Gasteiger partial charge >= 0.3 is 0 Å². The largest absolute Gasteiger partial charge is 0.507 e. The van der Waals surface area contributed by atoms with E-state index in [0.29, 0.717) is 11.8 Å². The monoisotopic (exact) mass is 354 g/mol. The minimum absolute atomic E-state index is 0.215. The molecule has 0 aliphatic heterocycles. The molecule has 0 amide bonds. The summed E-state index contributed by atoms with van der Waals surface area (Å²) in [4.78, 5) is 0. The Bertz CT molecular complexity index is 716. The molecular weight excluding hydrogens is 320 g/mol. The number of benzene rings is 2. The first-order valence-corrected chi connectivity index (χ1v) is 9.78. The summed E-state index contributed by atoms with van der Waals surface area (Å²) in [5.41, 5.74) is 5.71. The van der Waals surface area contributed by atoms with E-state index in [1.54, 1.807) is 0 Å². The standard InChI is InChI=1S/C24H34O2/c1-13(2)17-9-19(15(5)6)23(25)21(11-17)22-12-18(14(3)4)10-20(16(7)8)24(22)26/h9-16,25-26H,1-8H3. The van der Waals surface area contributed by atoms with Crippen LogP contribution in [-0.2, 0) is 0 Å². The van der Waals surface area contributed by atoms with Crippen LogP contribution in [-0.4, -0.2) is 10.2 Å². The third-order valence-corrected chi connectivity index (χ3v) is 5.19. The fraction of sp³-hybridized carbons (Fsp3) is 0.500. The van der Waals surface area contributed by atoms with Gasteiger partial charge in [-0.3, -0.25) is 0 Å². The smallest absolute Gasteiger partial charge is 0.127 e. The normalized spacial score (nSPS) is 12.0. The minimum Gasteiger partial charge on any atom is -0.507 e. The molecule has 0 atom stereocenters. The van der Waals surface area contributed by atoms with Gasteiger partial charge in [-0.25, -0.2) is 0 Å². The molecule has 2 rings (SSSR count). The zero-order valence-electron chi connectivity index (χ0n) is 17.5. The molecule has 2 N–H and O–H groups in total. The van der Waals surface area contributed by atoms with Crippen LogP contribution in [0.1, 0.15) is 101 Å². The van der Waals surface area contributed by atoms with Crippen molar-refractivity contribution in [3.63, 3.8) is 0 Å². The molecule has 0 radical (unpaired) electrons.